The molecule has 5 heteroatoms. The summed E-state index contributed by atoms with van der Waals surface area (Å²) in [5.74, 6) is -1.19. The molecule has 1 atom stereocenters. The van der Waals surface area contributed by atoms with Crippen LogP contribution in [0, 0.1) is 6.92 Å². The average Bonchev–Trinajstić information content (AvgIpc) is 2.57. The Balaban J connectivity index is 2.43. The number of β-amino-alcohol motifs (C(OH)–C–C–N with tert-alkyl or cyclic N) is 1. The topological polar surface area (TPSA) is 77.8 Å². The molecule has 0 bridgehead atoms. The lowest BCUT2D eigenvalue weighted by Crippen LogP contribution is -2.26. The van der Waals surface area contributed by atoms with Gasteiger partial charge in [0.1, 0.15) is 0 Å². The number of aromatic carboxylic acids is 1. The molecular formula is C12H13NO4. The van der Waals surface area contributed by atoms with Crippen molar-refractivity contribution in [2.24, 2.45) is 0 Å². The number of anilines is 1. The van der Waals surface area contributed by atoms with Gasteiger partial charge in [-0.3, -0.25) is 4.79 Å². The minimum Gasteiger partial charge on any atom is -0.478 e. The molecule has 5 nitrogen and oxygen atoms in total. The molecule has 1 unspecified atom stereocenters. The van der Waals surface area contributed by atoms with E-state index >= 15 is 0 Å². The van der Waals surface area contributed by atoms with Crippen molar-refractivity contribution in [2.45, 2.75) is 19.4 Å². The van der Waals surface area contributed by atoms with Gasteiger partial charge in [-0.2, -0.15) is 0 Å². The summed E-state index contributed by atoms with van der Waals surface area (Å²) in [7, 11) is 0. The van der Waals surface area contributed by atoms with E-state index in [4.69, 9.17) is 5.11 Å². The van der Waals surface area contributed by atoms with Crippen LogP contribution in [-0.2, 0) is 4.79 Å². The molecule has 0 aromatic heterocycles. The summed E-state index contributed by atoms with van der Waals surface area (Å²) in [6.45, 7) is 1.89. The van der Waals surface area contributed by atoms with Crippen LogP contribution in [0.25, 0.3) is 0 Å². The number of aliphatic hydroxyl groups excluding tert-OH is 1. The number of hydrogen-bond acceptors (Lipinski definition) is 3. The van der Waals surface area contributed by atoms with Crippen molar-refractivity contribution >= 4 is 17.6 Å². The second-order valence-electron chi connectivity index (χ2n) is 4.12. The number of carboxylic acid groups (broad SMARTS) is 1. The number of aliphatic hydroxyl groups is 1. The predicted octanol–water partition coefficient (Wildman–Crippen LogP) is 0.791. The maximum absolute atomic E-state index is 11.6. The normalized spacial score (nSPS) is 19.8. The van der Waals surface area contributed by atoms with Crippen LogP contribution in [0.3, 0.4) is 0 Å². The van der Waals surface area contributed by atoms with E-state index in [-0.39, 0.29) is 24.4 Å². The van der Waals surface area contributed by atoms with E-state index in [2.05, 4.69) is 0 Å². The molecule has 90 valence electrons. The predicted molar refractivity (Wildman–Crippen MR) is 61.1 cm³/mol. The molecule has 2 N–H and O–H groups in total. The molecule has 0 radical (unpaired) electrons. The van der Waals surface area contributed by atoms with Crippen LogP contribution in [-0.4, -0.2) is 34.7 Å². The first kappa shape index (κ1) is 11.6. The number of benzene rings is 1. The SMILES string of the molecule is Cc1c(C(=O)O)cccc1N1CC(O)CC1=O. The molecule has 1 heterocycles. The first-order valence-corrected chi connectivity index (χ1v) is 5.32. The Morgan fingerprint density at radius 1 is 1.47 bits per heavy atom. The smallest absolute Gasteiger partial charge is 0.336 e. The van der Waals surface area contributed by atoms with Crippen molar-refractivity contribution in [3.05, 3.63) is 29.3 Å². The summed E-state index contributed by atoms with van der Waals surface area (Å²) in [5.41, 5.74) is 1.28. The van der Waals surface area contributed by atoms with E-state index in [0.717, 1.165) is 0 Å². The molecule has 1 saturated heterocycles. The molecular weight excluding hydrogens is 222 g/mol. The van der Waals surface area contributed by atoms with Gasteiger partial charge in [0.2, 0.25) is 5.91 Å². The van der Waals surface area contributed by atoms with Gasteiger partial charge in [-0.1, -0.05) is 6.07 Å². The summed E-state index contributed by atoms with van der Waals surface area (Å²) < 4.78 is 0. The van der Waals surface area contributed by atoms with Crippen LogP contribution >= 0.6 is 0 Å². The van der Waals surface area contributed by atoms with Gasteiger partial charge in [0, 0.05) is 5.69 Å². The Kier molecular flexibility index (Phi) is 2.85. The van der Waals surface area contributed by atoms with E-state index < -0.39 is 12.1 Å². The van der Waals surface area contributed by atoms with Crippen LogP contribution in [0.2, 0.25) is 0 Å². The Bertz CT molecular complexity index is 483. The molecule has 1 fully saturated rings. The molecule has 1 aromatic rings. The highest BCUT2D eigenvalue weighted by Crippen LogP contribution is 2.27. The molecule has 1 aromatic carbocycles. The third-order valence-electron chi connectivity index (χ3n) is 2.93. The van der Waals surface area contributed by atoms with Crippen molar-refractivity contribution in [3.63, 3.8) is 0 Å². The van der Waals surface area contributed by atoms with Crippen LogP contribution in [0.4, 0.5) is 5.69 Å². The van der Waals surface area contributed by atoms with Gasteiger partial charge >= 0.3 is 5.97 Å². The van der Waals surface area contributed by atoms with Crippen LogP contribution < -0.4 is 4.90 Å². The molecule has 0 spiro atoms. The standard InChI is InChI=1S/C12H13NO4/c1-7-9(12(16)17)3-2-4-10(7)13-6-8(14)5-11(13)15/h2-4,8,14H,5-6H2,1H3,(H,16,17). The van der Waals surface area contributed by atoms with Crippen molar-refractivity contribution in [1.29, 1.82) is 0 Å². The molecule has 1 aliphatic rings. The fraction of sp³-hybridized carbons (Fsp3) is 0.333. The third-order valence-corrected chi connectivity index (χ3v) is 2.93. The zero-order valence-corrected chi connectivity index (χ0v) is 9.38. The number of amides is 1. The molecule has 1 amide bonds. The van der Waals surface area contributed by atoms with E-state index in [1.54, 1.807) is 19.1 Å². The van der Waals surface area contributed by atoms with Gasteiger partial charge < -0.3 is 15.1 Å². The Hall–Kier alpha value is -1.88. The van der Waals surface area contributed by atoms with Crippen LogP contribution in [0.5, 0.6) is 0 Å². The number of carbonyl (C=O) groups excluding carboxylic acids is 1. The summed E-state index contributed by atoms with van der Waals surface area (Å²) in [6.07, 6.45) is -0.577. The van der Waals surface area contributed by atoms with Gasteiger partial charge in [-0.25, -0.2) is 4.79 Å². The fourth-order valence-electron chi connectivity index (χ4n) is 2.07. The Labute approximate surface area is 98.3 Å². The first-order valence-electron chi connectivity index (χ1n) is 5.32. The molecule has 0 aliphatic carbocycles. The summed E-state index contributed by atoms with van der Waals surface area (Å²) >= 11 is 0. The third kappa shape index (κ3) is 2.01. The highest BCUT2D eigenvalue weighted by Gasteiger charge is 2.30. The number of nitrogens with zero attached hydrogens (tertiary/aromatic N) is 1. The fourth-order valence-corrected chi connectivity index (χ4v) is 2.07. The Morgan fingerprint density at radius 3 is 2.71 bits per heavy atom. The van der Waals surface area contributed by atoms with Crippen molar-refractivity contribution in [2.75, 3.05) is 11.4 Å². The average molecular weight is 235 g/mol. The van der Waals surface area contributed by atoms with Crippen LogP contribution in [0.15, 0.2) is 18.2 Å². The van der Waals surface area contributed by atoms with Gasteiger partial charge in [-0.05, 0) is 24.6 Å². The van der Waals surface area contributed by atoms with Gasteiger partial charge in [0.25, 0.3) is 0 Å². The van der Waals surface area contributed by atoms with Crippen LogP contribution in [0.1, 0.15) is 22.3 Å². The quantitative estimate of drug-likeness (QED) is 0.794. The summed E-state index contributed by atoms with van der Waals surface area (Å²) in [6, 6.07) is 4.79. The minimum absolute atomic E-state index is 0.0940. The molecule has 1 aliphatic heterocycles. The Morgan fingerprint density at radius 2 is 2.18 bits per heavy atom. The van der Waals surface area contributed by atoms with Crippen molar-refractivity contribution in [3.8, 4) is 0 Å². The summed E-state index contributed by atoms with van der Waals surface area (Å²) in [4.78, 5) is 24.1. The second-order valence-corrected chi connectivity index (χ2v) is 4.12. The number of hydrogen-bond donors (Lipinski definition) is 2. The highest BCUT2D eigenvalue weighted by molar-refractivity contribution is 5.99. The van der Waals surface area contributed by atoms with E-state index in [1.165, 1.54) is 11.0 Å². The number of carboxylic acids is 1. The zero-order valence-electron chi connectivity index (χ0n) is 9.38. The first-order chi connectivity index (χ1) is 8.00. The molecule has 17 heavy (non-hydrogen) atoms. The lowest BCUT2D eigenvalue weighted by Gasteiger charge is -2.19. The lowest BCUT2D eigenvalue weighted by molar-refractivity contribution is -0.117. The molecule has 0 saturated carbocycles. The lowest BCUT2D eigenvalue weighted by atomic mass is 10.1. The maximum Gasteiger partial charge on any atom is 0.336 e. The largest absolute Gasteiger partial charge is 0.478 e. The van der Waals surface area contributed by atoms with Crippen molar-refractivity contribution < 1.29 is 19.8 Å². The van der Waals surface area contributed by atoms with E-state index in [9.17, 15) is 14.7 Å². The van der Waals surface area contributed by atoms with Gasteiger partial charge in [0.15, 0.2) is 0 Å². The van der Waals surface area contributed by atoms with E-state index in [0.29, 0.717) is 11.3 Å². The second kappa shape index (κ2) is 4.18. The molecule has 2 rings (SSSR count). The monoisotopic (exact) mass is 235 g/mol. The number of carbonyl (C=O) groups is 2. The van der Waals surface area contributed by atoms with E-state index in [1.807, 2.05) is 0 Å². The highest BCUT2D eigenvalue weighted by atomic mass is 16.4. The summed E-state index contributed by atoms with van der Waals surface area (Å²) in [5, 5.41) is 18.4. The maximum atomic E-state index is 11.6. The number of rotatable bonds is 2. The van der Waals surface area contributed by atoms with Crippen molar-refractivity contribution in [1.82, 2.24) is 0 Å². The van der Waals surface area contributed by atoms with Gasteiger partial charge in [0.05, 0.1) is 24.6 Å². The zero-order chi connectivity index (χ0) is 12.6. The minimum atomic E-state index is -1.02. The van der Waals surface area contributed by atoms with Gasteiger partial charge in [-0.15, -0.1) is 0 Å².